The number of nitrogens with zero attached hydrogens (tertiary/aromatic N) is 1. The number of ether oxygens (including phenoxy) is 1. The fraction of sp³-hybridized carbons (Fsp3) is 0.182. The van der Waals surface area contributed by atoms with Gasteiger partial charge in [-0.05, 0) is 18.6 Å². The zero-order chi connectivity index (χ0) is 11.4. The molecule has 0 aliphatic rings. The number of methoxy groups -OCH3 is 1. The van der Waals surface area contributed by atoms with Crippen molar-refractivity contribution in [2.75, 3.05) is 7.11 Å². The number of aldehydes is 1. The number of aryl methyl sites for hydroxylation is 1. The molecule has 15 heavy (non-hydrogen) atoms. The molecule has 4 heteroatoms. The number of carbonyl (C=O) groups excluding carboxylic acids is 2. The van der Waals surface area contributed by atoms with Gasteiger partial charge in [-0.2, -0.15) is 5.26 Å². The molecule has 0 saturated carbocycles. The third-order valence-corrected chi connectivity index (χ3v) is 2.09. The van der Waals surface area contributed by atoms with Gasteiger partial charge in [-0.3, -0.25) is 4.79 Å². The molecule has 0 heterocycles. The van der Waals surface area contributed by atoms with Crippen molar-refractivity contribution in [3.05, 3.63) is 34.4 Å². The minimum absolute atomic E-state index is 0.0874. The molecule has 0 fully saturated rings. The Kier molecular flexibility index (Phi) is 3.19. The van der Waals surface area contributed by atoms with Gasteiger partial charge in [-0.1, -0.05) is 6.07 Å². The molecular formula is C11H9NO3. The molecular weight excluding hydrogens is 194 g/mol. The monoisotopic (exact) mass is 203 g/mol. The summed E-state index contributed by atoms with van der Waals surface area (Å²) in [6.45, 7) is 1.70. The number of esters is 1. The maximum Gasteiger partial charge on any atom is 0.338 e. The van der Waals surface area contributed by atoms with E-state index in [1.807, 2.05) is 6.07 Å². The average molecular weight is 203 g/mol. The van der Waals surface area contributed by atoms with Crippen molar-refractivity contribution in [2.24, 2.45) is 0 Å². The second-order valence-electron chi connectivity index (χ2n) is 2.94. The Morgan fingerprint density at radius 2 is 2.20 bits per heavy atom. The number of rotatable bonds is 2. The van der Waals surface area contributed by atoms with Crippen molar-refractivity contribution in [3.8, 4) is 6.07 Å². The van der Waals surface area contributed by atoms with Gasteiger partial charge in [0.2, 0.25) is 0 Å². The van der Waals surface area contributed by atoms with Gasteiger partial charge in [-0.15, -0.1) is 0 Å². The van der Waals surface area contributed by atoms with Gasteiger partial charge in [0.1, 0.15) is 6.07 Å². The molecule has 1 rings (SSSR count). The molecule has 0 radical (unpaired) electrons. The van der Waals surface area contributed by atoms with Crippen molar-refractivity contribution in [1.82, 2.24) is 0 Å². The number of carbonyl (C=O) groups is 2. The zero-order valence-electron chi connectivity index (χ0n) is 8.40. The predicted molar refractivity (Wildman–Crippen MR) is 52.6 cm³/mol. The van der Waals surface area contributed by atoms with Crippen LogP contribution in [0.3, 0.4) is 0 Å². The van der Waals surface area contributed by atoms with E-state index < -0.39 is 5.97 Å². The summed E-state index contributed by atoms with van der Waals surface area (Å²) >= 11 is 0. The van der Waals surface area contributed by atoms with Crippen molar-refractivity contribution in [2.45, 2.75) is 6.92 Å². The Bertz CT molecular complexity index is 458. The highest BCUT2D eigenvalue weighted by Crippen LogP contribution is 2.17. The van der Waals surface area contributed by atoms with E-state index in [-0.39, 0.29) is 16.7 Å². The summed E-state index contributed by atoms with van der Waals surface area (Å²) in [5.74, 6) is -0.617. The Morgan fingerprint density at radius 3 is 2.67 bits per heavy atom. The summed E-state index contributed by atoms with van der Waals surface area (Å²) in [6.07, 6.45) is 0.498. The molecule has 0 saturated heterocycles. The highest BCUT2D eigenvalue weighted by molar-refractivity contribution is 6.00. The van der Waals surface area contributed by atoms with E-state index >= 15 is 0 Å². The summed E-state index contributed by atoms with van der Waals surface area (Å²) < 4.78 is 4.51. The second-order valence-corrected chi connectivity index (χ2v) is 2.94. The van der Waals surface area contributed by atoms with E-state index in [1.165, 1.54) is 13.2 Å². The Balaban J connectivity index is 3.50. The van der Waals surface area contributed by atoms with Gasteiger partial charge in [-0.25, -0.2) is 4.79 Å². The maximum atomic E-state index is 11.3. The highest BCUT2D eigenvalue weighted by atomic mass is 16.5. The zero-order valence-corrected chi connectivity index (χ0v) is 8.40. The number of hydrogen-bond donors (Lipinski definition) is 0. The molecule has 4 nitrogen and oxygen atoms in total. The van der Waals surface area contributed by atoms with E-state index in [9.17, 15) is 9.59 Å². The van der Waals surface area contributed by atoms with Crippen molar-refractivity contribution in [1.29, 1.82) is 5.26 Å². The minimum atomic E-state index is -0.617. The average Bonchev–Trinajstić information content (AvgIpc) is 2.27. The molecule has 1 aromatic carbocycles. The lowest BCUT2D eigenvalue weighted by molar-refractivity contribution is 0.0598. The normalized spacial score (nSPS) is 9.13. The first-order chi connectivity index (χ1) is 7.15. The van der Waals surface area contributed by atoms with Gasteiger partial charge >= 0.3 is 5.97 Å². The molecule has 76 valence electrons. The lowest BCUT2D eigenvalue weighted by atomic mass is 9.98. The molecule has 0 spiro atoms. The summed E-state index contributed by atoms with van der Waals surface area (Å²) in [7, 11) is 1.23. The van der Waals surface area contributed by atoms with Gasteiger partial charge in [0.25, 0.3) is 0 Å². The third-order valence-electron chi connectivity index (χ3n) is 2.09. The number of nitriles is 1. The fourth-order valence-corrected chi connectivity index (χ4v) is 1.29. The summed E-state index contributed by atoms with van der Waals surface area (Å²) in [5, 5.41) is 8.85. The van der Waals surface area contributed by atoms with E-state index in [2.05, 4.69) is 4.74 Å². The van der Waals surface area contributed by atoms with Crippen LogP contribution in [0, 0.1) is 18.3 Å². The molecule has 0 aliphatic carbocycles. The van der Waals surface area contributed by atoms with Crippen molar-refractivity contribution in [3.63, 3.8) is 0 Å². The van der Waals surface area contributed by atoms with Gasteiger partial charge in [0.05, 0.1) is 18.2 Å². The Morgan fingerprint density at radius 1 is 1.53 bits per heavy atom. The fourth-order valence-electron chi connectivity index (χ4n) is 1.29. The largest absolute Gasteiger partial charge is 0.465 e. The van der Waals surface area contributed by atoms with Crippen LogP contribution in [-0.4, -0.2) is 19.4 Å². The standard InChI is InChI=1S/C11H9NO3/c1-7-3-4-8(11(14)15-2)10(6-13)9(7)5-12/h3-4,6H,1-2H3. The van der Waals surface area contributed by atoms with Crippen LogP contribution in [0.5, 0.6) is 0 Å². The summed E-state index contributed by atoms with van der Waals surface area (Å²) in [5.41, 5.74) is 1.08. The minimum Gasteiger partial charge on any atom is -0.465 e. The van der Waals surface area contributed by atoms with E-state index in [4.69, 9.17) is 5.26 Å². The van der Waals surface area contributed by atoms with Crippen LogP contribution >= 0.6 is 0 Å². The van der Waals surface area contributed by atoms with Crippen molar-refractivity contribution < 1.29 is 14.3 Å². The SMILES string of the molecule is COC(=O)c1ccc(C)c(C#N)c1C=O. The molecule has 0 unspecified atom stereocenters. The van der Waals surface area contributed by atoms with Gasteiger partial charge < -0.3 is 4.74 Å². The highest BCUT2D eigenvalue weighted by Gasteiger charge is 2.16. The van der Waals surface area contributed by atoms with Crippen molar-refractivity contribution >= 4 is 12.3 Å². The molecule has 0 bridgehead atoms. The smallest absolute Gasteiger partial charge is 0.338 e. The lowest BCUT2D eigenvalue weighted by Crippen LogP contribution is -2.07. The molecule has 0 N–H and O–H groups in total. The number of hydrogen-bond acceptors (Lipinski definition) is 4. The van der Waals surface area contributed by atoms with Crippen LogP contribution in [0.25, 0.3) is 0 Å². The third kappa shape index (κ3) is 1.86. The predicted octanol–water partition coefficient (Wildman–Crippen LogP) is 1.47. The van der Waals surface area contributed by atoms with Gasteiger partial charge in [0, 0.05) is 5.56 Å². The second kappa shape index (κ2) is 4.38. The maximum absolute atomic E-state index is 11.3. The molecule has 0 aliphatic heterocycles. The van der Waals surface area contributed by atoms with Crippen LogP contribution in [0.4, 0.5) is 0 Å². The summed E-state index contributed by atoms with van der Waals surface area (Å²) in [4.78, 5) is 22.1. The molecule has 0 amide bonds. The quantitative estimate of drug-likeness (QED) is 0.539. The van der Waals surface area contributed by atoms with E-state index in [1.54, 1.807) is 13.0 Å². The van der Waals surface area contributed by atoms with Crippen LogP contribution in [-0.2, 0) is 4.74 Å². The van der Waals surface area contributed by atoms with Crippen LogP contribution in [0.2, 0.25) is 0 Å². The molecule has 1 aromatic rings. The van der Waals surface area contributed by atoms with Gasteiger partial charge in [0.15, 0.2) is 6.29 Å². The topological polar surface area (TPSA) is 67.2 Å². The molecule has 0 aromatic heterocycles. The first kappa shape index (κ1) is 10.9. The van der Waals surface area contributed by atoms with Crippen LogP contribution < -0.4 is 0 Å². The van der Waals surface area contributed by atoms with E-state index in [0.717, 1.165) is 0 Å². The lowest BCUT2D eigenvalue weighted by Gasteiger charge is -2.06. The first-order valence-corrected chi connectivity index (χ1v) is 4.23. The number of benzene rings is 1. The first-order valence-electron chi connectivity index (χ1n) is 4.23. The van der Waals surface area contributed by atoms with Crippen LogP contribution in [0.1, 0.15) is 31.8 Å². The van der Waals surface area contributed by atoms with E-state index in [0.29, 0.717) is 11.8 Å². The molecule has 0 atom stereocenters. The Hall–Kier alpha value is -2.15. The summed E-state index contributed by atoms with van der Waals surface area (Å²) in [6, 6.07) is 4.98. The van der Waals surface area contributed by atoms with Crippen LogP contribution in [0.15, 0.2) is 12.1 Å². The Labute approximate surface area is 87.1 Å².